The number of imidazole rings is 1. The minimum absolute atomic E-state index is 0.0466. The lowest BCUT2D eigenvalue weighted by molar-refractivity contribution is -0.144. The monoisotopic (exact) mass is 597 g/mol. The number of aromatic amines is 1. The quantitative estimate of drug-likeness (QED) is 0.196. The fourth-order valence-corrected chi connectivity index (χ4v) is 5.29. The molecule has 5 aromatic rings. The summed E-state index contributed by atoms with van der Waals surface area (Å²) >= 11 is 0. The van der Waals surface area contributed by atoms with Crippen LogP contribution in [-0.2, 0) is 11.3 Å². The summed E-state index contributed by atoms with van der Waals surface area (Å²) in [6, 6.07) is 14.6. The highest BCUT2D eigenvalue weighted by Crippen LogP contribution is 2.34. The zero-order chi connectivity index (χ0) is 30.3. The van der Waals surface area contributed by atoms with Gasteiger partial charge in [0, 0.05) is 11.6 Å². The van der Waals surface area contributed by atoms with Crippen LogP contribution in [0.2, 0.25) is 0 Å². The van der Waals surface area contributed by atoms with Crippen molar-refractivity contribution in [3.05, 3.63) is 72.6 Å². The number of ether oxygens (including phenoxy) is 1. The van der Waals surface area contributed by atoms with Crippen molar-refractivity contribution in [3.8, 4) is 39.7 Å². The number of hydrogen-bond donors (Lipinski definition) is 2. The van der Waals surface area contributed by atoms with Gasteiger partial charge >= 0.3 is 12.1 Å². The van der Waals surface area contributed by atoms with Crippen molar-refractivity contribution in [2.45, 2.75) is 44.5 Å². The molecule has 0 bridgehead atoms. The predicted molar refractivity (Wildman–Crippen MR) is 146 cm³/mol. The fraction of sp³-hybridized carbons (Fsp3) is 0.267. The first-order chi connectivity index (χ1) is 20.5. The first-order valence-corrected chi connectivity index (χ1v) is 13.5. The number of benzene rings is 3. The summed E-state index contributed by atoms with van der Waals surface area (Å²) in [7, 11) is 0. The van der Waals surface area contributed by atoms with Crippen molar-refractivity contribution in [1.82, 2.24) is 24.7 Å². The maximum atomic E-state index is 15.6. The number of nitrogens with one attached hydrogen (secondary N) is 1. The Morgan fingerprint density at radius 2 is 1.56 bits per heavy atom. The summed E-state index contributed by atoms with van der Waals surface area (Å²) in [5.74, 6) is -2.70. The van der Waals surface area contributed by atoms with Gasteiger partial charge in [0.25, 0.3) is 6.01 Å². The molecule has 13 heteroatoms. The molecule has 43 heavy (non-hydrogen) atoms. The lowest BCUT2D eigenvalue weighted by Crippen LogP contribution is -2.28. The number of carboxylic acids is 1. The summed E-state index contributed by atoms with van der Waals surface area (Å²) in [6.07, 6.45) is -1.66. The lowest BCUT2D eigenvalue weighted by atomic mass is 9.87. The molecule has 222 valence electrons. The number of fused-ring (bicyclic) bond motifs is 1. The Labute approximate surface area is 241 Å². The Kier molecular flexibility index (Phi) is 7.32. The maximum Gasteiger partial charge on any atom is 0.408 e. The van der Waals surface area contributed by atoms with Gasteiger partial charge in [-0.25, -0.2) is 18.4 Å². The van der Waals surface area contributed by atoms with Gasteiger partial charge in [0.2, 0.25) is 0 Å². The van der Waals surface area contributed by atoms with Crippen LogP contribution in [0.15, 0.2) is 60.9 Å². The van der Waals surface area contributed by atoms with E-state index in [4.69, 9.17) is 9.84 Å². The lowest BCUT2D eigenvalue weighted by Gasteiger charge is -2.25. The summed E-state index contributed by atoms with van der Waals surface area (Å²) in [4.78, 5) is 22.1. The first kappa shape index (κ1) is 28.3. The van der Waals surface area contributed by atoms with Gasteiger partial charge in [-0.05, 0) is 42.4 Å². The van der Waals surface area contributed by atoms with Gasteiger partial charge in [-0.1, -0.05) is 48.5 Å². The molecule has 0 aliphatic heterocycles. The molecule has 6 rings (SSSR count). The Morgan fingerprint density at radius 1 is 0.953 bits per heavy atom. The molecule has 0 unspecified atom stereocenters. The van der Waals surface area contributed by atoms with Gasteiger partial charge in [0.05, 0.1) is 17.0 Å². The zero-order valence-electron chi connectivity index (χ0n) is 22.4. The van der Waals surface area contributed by atoms with Crippen LogP contribution in [0.4, 0.5) is 22.0 Å². The highest BCUT2D eigenvalue weighted by atomic mass is 19.4. The minimum Gasteiger partial charge on any atom is -0.481 e. The van der Waals surface area contributed by atoms with E-state index >= 15 is 8.78 Å². The molecule has 2 aromatic heterocycles. The minimum atomic E-state index is -4.40. The van der Waals surface area contributed by atoms with Gasteiger partial charge in [0.15, 0.2) is 11.6 Å². The van der Waals surface area contributed by atoms with Gasteiger partial charge in [0.1, 0.15) is 30.3 Å². The van der Waals surface area contributed by atoms with E-state index in [0.29, 0.717) is 36.8 Å². The molecule has 1 fully saturated rings. The Bertz CT molecular complexity index is 1770. The summed E-state index contributed by atoms with van der Waals surface area (Å²) in [5.41, 5.74) is 2.19. The highest BCUT2D eigenvalue weighted by molar-refractivity contribution is 5.84. The summed E-state index contributed by atoms with van der Waals surface area (Å²) < 4.78 is 75.0. The Balaban J connectivity index is 1.18. The molecule has 0 radical (unpaired) electrons. The van der Waals surface area contributed by atoms with Crippen molar-refractivity contribution in [2.75, 3.05) is 0 Å². The van der Waals surface area contributed by atoms with Crippen LogP contribution in [0, 0.1) is 17.6 Å². The number of alkyl halides is 3. The Hall–Kier alpha value is -4.81. The van der Waals surface area contributed by atoms with E-state index in [9.17, 15) is 18.0 Å². The van der Waals surface area contributed by atoms with Crippen LogP contribution in [-0.4, -0.2) is 48.1 Å². The van der Waals surface area contributed by atoms with E-state index in [2.05, 4.69) is 20.1 Å². The standard InChI is InChI=1S/C30H24F5N5O3/c31-22-13-23-26(38-29(37-23)43-21-11-9-20(10-12-21)28(41)42)25(32)24(22)18-5-1-16(2-6-18)17-3-7-19(8-4-17)27-36-15-40(39-27)14-30(33,34)35/h1-8,13,15,20-21H,9-12,14H2,(H,37,38)(H,41,42)/t20-,21-. The van der Waals surface area contributed by atoms with Gasteiger partial charge in [-0.2, -0.15) is 23.3 Å². The smallest absolute Gasteiger partial charge is 0.408 e. The number of hydrogen-bond acceptors (Lipinski definition) is 5. The average Bonchev–Trinajstić information content (AvgIpc) is 3.60. The van der Waals surface area contributed by atoms with Crippen molar-refractivity contribution in [1.29, 1.82) is 0 Å². The Morgan fingerprint density at radius 3 is 2.16 bits per heavy atom. The highest BCUT2D eigenvalue weighted by Gasteiger charge is 2.29. The molecular weight excluding hydrogens is 573 g/mol. The molecule has 8 nitrogen and oxygen atoms in total. The van der Waals surface area contributed by atoms with Crippen LogP contribution >= 0.6 is 0 Å². The van der Waals surface area contributed by atoms with Crippen LogP contribution in [0.5, 0.6) is 6.01 Å². The fourth-order valence-electron chi connectivity index (χ4n) is 5.29. The van der Waals surface area contributed by atoms with Crippen LogP contribution < -0.4 is 4.74 Å². The van der Waals surface area contributed by atoms with E-state index in [1.165, 1.54) is 0 Å². The molecular formula is C30H24F5N5O3. The van der Waals surface area contributed by atoms with E-state index in [1.54, 1.807) is 48.5 Å². The van der Waals surface area contributed by atoms with Gasteiger partial charge in [-0.3, -0.25) is 4.79 Å². The molecule has 0 atom stereocenters. The van der Waals surface area contributed by atoms with Crippen molar-refractivity contribution < 1.29 is 36.6 Å². The van der Waals surface area contributed by atoms with Crippen molar-refractivity contribution in [3.63, 3.8) is 0 Å². The van der Waals surface area contributed by atoms with Crippen LogP contribution in [0.1, 0.15) is 25.7 Å². The number of nitrogens with zero attached hydrogens (tertiary/aromatic N) is 4. The molecule has 0 saturated heterocycles. The second-order valence-electron chi connectivity index (χ2n) is 10.5. The number of rotatable bonds is 7. The molecule has 3 aromatic carbocycles. The van der Waals surface area contributed by atoms with E-state index < -0.39 is 36.2 Å². The predicted octanol–water partition coefficient (Wildman–Crippen LogP) is 7.02. The second-order valence-corrected chi connectivity index (χ2v) is 10.5. The van der Waals surface area contributed by atoms with Crippen molar-refractivity contribution >= 4 is 17.0 Å². The second kappa shape index (κ2) is 11.1. The number of carbonyl (C=O) groups is 1. The molecule has 2 N–H and O–H groups in total. The van der Waals surface area contributed by atoms with E-state index in [1.807, 2.05) is 0 Å². The third kappa shape index (κ3) is 6.06. The number of aromatic nitrogens is 5. The third-order valence-corrected chi connectivity index (χ3v) is 7.48. The SMILES string of the molecule is O=C(O)[C@H]1CC[C@H](Oc2nc3c(F)c(-c4ccc(-c5ccc(-c6ncn(CC(F)(F)F)n6)cc5)cc4)c(F)cc3[nH]2)CC1. The van der Waals surface area contributed by atoms with Crippen molar-refractivity contribution in [2.24, 2.45) is 5.92 Å². The van der Waals surface area contributed by atoms with Crippen LogP contribution in [0.25, 0.3) is 44.7 Å². The average molecular weight is 598 g/mol. The number of halogens is 5. The molecule has 1 aliphatic carbocycles. The van der Waals surface area contributed by atoms with Gasteiger partial charge < -0.3 is 14.8 Å². The topological polar surface area (TPSA) is 106 Å². The first-order valence-electron chi connectivity index (χ1n) is 13.5. The summed E-state index contributed by atoms with van der Waals surface area (Å²) in [6.45, 7) is -1.23. The molecule has 1 saturated carbocycles. The largest absolute Gasteiger partial charge is 0.481 e. The van der Waals surface area contributed by atoms with Gasteiger partial charge in [-0.15, -0.1) is 0 Å². The zero-order valence-corrected chi connectivity index (χ0v) is 22.4. The van der Waals surface area contributed by atoms with E-state index in [0.717, 1.165) is 28.2 Å². The normalized spacial score (nSPS) is 17.3. The maximum absolute atomic E-state index is 15.6. The third-order valence-electron chi connectivity index (χ3n) is 7.48. The number of carboxylic acid groups (broad SMARTS) is 1. The van der Waals surface area contributed by atoms with E-state index in [-0.39, 0.29) is 34.5 Å². The molecule has 1 aliphatic rings. The molecule has 0 spiro atoms. The van der Waals surface area contributed by atoms with Crippen LogP contribution in [0.3, 0.4) is 0 Å². The number of aliphatic carboxylic acids is 1. The summed E-state index contributed by atoms with van der Waals surface area (Å²) in [5, 5.41) is 13.0. The molecule has 2 heterocycles. The molecule has 0 amide bonds. The number of H-pyrrole nitrogens is 1.